The lowest BCUT2D eigenvalue weighted by atomic mass is 10.1. The van der Waals surface area contributed by atoms with Crippen LogP contribution in [-0.4, -0.2) is 23.1 Å². The summed E-state index contributed by atoms with van der Waals surface area (Å²) in [5, 5.41) is 8.26. The van der Waals surface area contributed by atoms with E-state index >= 15 is 0 Å². The third-order valence-electron chi connectivity index (χ3n) is 4.36. The average molecular weight is 488 g/mol. The number of nitrogens with one attached hydrogen (secondary N) is 2. The normalized spacial score (nSPS) is 10.6. The van der Waals surface area contributed by atoms with Crippen LogP contribution in [0.25, 0.3) is 22.6 Å². The molecule has 0 atom stereocenters. The van der Waals surface area contributed by atoms with Crippen LogP contribution in [-0.2, 0) is 0 Å². The van der Waals surface area contributed by atoms with E-state index < -0.39 is 11.7 Å². The van der Waals surface area contributed by atoms with Crippen molar-refractivity contribution in [1.29, 1.82) is 0 Å². The second-order valence-corrected chi connectivity index (χ2v) is 8.17. The van der Waals surface area contributed by atoms with Crippen LogP contribution in [0.15, 0.2) is 64.4 Å². The molecule has 0 fully saturated rings. The Balaban J connectivity index is 1.38. The molecule has 4 aromatic rings. The maximum atomic E-state index is 13.9. The number of carbonyl (C=O) groups excluding carboxylic acids is 1. The molecule has 0 saturated heterocycles. The number of thiocarbonyl (C=S) groups is 1. The van der Waals surface area contributed by atoms with Gasteiger partial charge in [0.2, 0.25) is 0 Å². The van der Waals surface area contributed by atoms with Gasteiger partial charge in [-0.3, -0.25) is 10.1 Å². The van der Waals surface area contributed by atoms with Crippen molar-refractivity contribution in [1.82, 2.24) is 10.3 Å². The Bertz CT molecular complexity index is 1290. The largest absolute Gasteiger partial charge is 0.494 e. The Morgan fingerprint density at radius 2 is 1.91 bits per heavy atom. The summed E-state index contributed by atoms with van der Waals surface area (Å²) in [5.41, 5.74) is 1.94. The van der Waals surface area contributed by atoms with Crippen molar-refractivity contribution >= 4 is 51.3 Å². The van der Waals surface area contributed by atoms with E-state index in [0.717, 1.165) is 5.56 Å². The molecule has 1 amide bonds. The van der Waals surface area contributed by atoms with Gasteiger partial charge in [0, 0.05) is 21.5 Å². The van der Waals surface area contributed by atoms with E-state index in [0.29, 0.717) is 27.2 Å². The van der Waals surface area contributed by atoms with E-state index in [-0.39, 0.29) is 16.6 Å². The number of rotatable bonds is 5. The molecule has 0 aliphatic heterocycles. The fraction of sp³-hybridized carbons (Fsp3) is 0.0455. The van der Waals surface area contributed by atoms with Gasteiger partial charge < -0.3 is 14.5 Å². The summed E-state index contributed by atoms with van der Waals surface area (Å²) in [7, 11) is 1.40. The molecule has 0 bridgehead atoms. The number of nitrogens with zero attached hydrogens (tertiary/aromatic N) is 1. The van der Waals surface area contributed by atoms with Crippen LogP contribution in [0.2, 0.25) is 5.02 Å². The minimum absolute atomic E-state index is 0.0567. The summed E-state index contributed by atoms with van der Waals surface area (Å²) in [6, 6.07) is 14.9. The van der Waals surface area contributed by atoms with Crippen molar-refractivity contribution < 1.29 is 18.3 Å². The second-order valence-electron chi connectivity index (χ2n) is 6.47. The van der Waals surface area contributed by atoms with E-state index in [1.807, 2.05) is 0 Å². The average Bonchev–Trinajstić information content (AvgIpc) is 3.44. The van der Waals surface area contributed by atoms with Crippen molar-refractivity contribution in [2.75, 3.05) is 12.4 Å². The highest BCUT2D eigenvalue weighted by Crippen LogP contribution is 2.28. The van der Waals surface area contributed by atoms with E-state index in [4.69, 9.17) is 33.0 Å². The summed E-state index contributed by atoms with van der Waals surface area (Å²) in [6.45, 7) is 0. The number of anilines is 1. The van der Waals surface area contributed by atoms with Crippen LogP contribution in [0.3, 0.4) is 0 Å². The van der Waals surface area contributed by atoms with Gasteiger partial charge in [0.15, 0.2) is 27.6 Å². The summed E-state index contributed by atoms with van der Waals surface area (Å²) < 4.78 is 24.5. The first-order valence-electron chi connectivity index (χ1n) is 9.20. The Morgan fingerprint density at radius 3 is 2.62 bits per heavy atom. The summed E-state index contributed by atoms with van der Waals surface area (Å²) in [4.78, 5) is 16.8. The van der Waals surface area contributed by atoms with Gasteiger partial charge in [-0.2, -0.15) is 0 Å². The van der Waals surface area contributed by atoms with Gasteiger partial charge in [0.1, 0.15) is 5.76 Å². The molecule has 0 saturated carbocycles. The Morgan fingerprint density at radius 1 is 1.16 bits per heavy atom. The lowest BCUT2D eigenvalue weighted by molar-refractivity contribution is 0.0951. The third-order valence-corrected chi connectivity index (χ3v) is 5.57. The molecule has 6 nitrogen and oxygen atoms in total. The number of hydrogen-bond acceptors (Lipinski definition) is 6. The first kappa shape index (κ1) is 21.9. The molecule has 2 aromatic heterocycles. The molecule has 0 spiro atoms. The molecule has 2 aromatic carbocycles. The molecule has 4 rings (SSSR count). The van der Waals surface area contributed by atoms with Gasteiger partial charge >= 0.3 is 0 Å². The van der Waals surface area contributed by atoms with Gasteiger partial charge in [0.25, 0.3) is 5.91 Å². The number of aromatic nitrogens is 1. The van der Waals surface area contributed by atoms with E-state index in [1.165, 1.54) is 30.6 Å². The topological polar surface area (TPSA) is 76.4 Å². The van der Waals surface area contributed by atoms with Crippen molar-refractivity contribution in [3.05, 3.63) is 76.6 Å². The first-order chi connectivity index (χ1) is 15.4. The Hall–Kier alpha value is -3.27. The molecule has 162 valence electrons. The van der Waals surface area contributed by atoms with E-state index in [2.05, 4.69) is 15.6 Å². The number of thiazole rings is 1. The maximum absolute atomic E-state index is 13.9. The number of benzene rings is 2. The van der Waals surface area contributed by atoms with E-state index in [1.54, 1.807) is 47.8 Å². The minimum atomic E-state index is -0.503. The highest BCUT2D eigenvalue weighted by Gasteiger charge is 2.15. The standard InChI is InChI=1S/C22H15ClFN3O3S2/c1-29-18-7-4-13(10-15(18)24)16-11-32-22(25-16)27-21(31)26-20(28)19-9-8-17(30-19)12-2-5-14(23)6-3-12/h2-11H,1H3,(H2,25,26,27,28,31). The number of carbonyl (C=O) groups is 1. The zero-order valence-corrected chi connectivity index (χ0v) is 18.9. The monoisotopic (exact) mass is 487 g/mol. The zero-order chi connectivity index (χ0) is 22.7. The molecule has 0 aliphatic rings. The highest BCUT2D eigenvalue weighted by molar-refractivity contribution is 7.80. The summed E-state index contributed by atoms with van der Waals surface area (Å²) in [6.07, 6.45) is 0. The fourth-order valence-corrected chi connectivity index (χ4v) is 3.92. The number of amides is 1. The third kappa shape index (κ3) is 4.96. The highest BCUT2D eigenvalue weighted by atomic mass is 35.5. The van der Waals surface area contributed by atoms with E-state index in [9.17, 15) is 9.18 Å². The van der Waals surface area contributed by atoms with Crippen molar-refractivity contribution in [2.24, 2.45) is 0 Å². The van der Waals surface area contributed by atoms with Gasteiger partial charge in [-0.15, -0.1) is 11.3 Å². The van der Waals surface area contributed by atoms with Gasteiger partial charge in [-0.1, -0.05) is 11.6 Å². The summed E-state index contributed by atoms with van der Waals surface area (Å²) in [5.74, 6) is -0.193. The maximum Gasteiger partial charge on any atom is 0.293 e. The number of hydrogen-bond donors (Lipinski definition) is 2. The van der Waals surface area contributed by atoms with Crippen LogP contribution in [0.5, 0.6) is 5.75 Å². The van der Waals surface area contributed by atoms with Crippen LogP contribution in [0.4, 0.5) is 9.52 Å². The van der Waals surface area contributed by atoms with Gasteiger partial charge in [0.05, 0.1) is 12.8 Å². The number of methoxy groups -OCH3 is 1. The van der Waals surface area contributed by atoms with Crippen molar-refractivity contribution in [3.63, 3.8) is 0 Å². The fourth-order valence-electron chi connectivity index (χ4n) is 2.81. The zero-order valence-electron chi connectivity index (χ0n) is 16.5. The van der Waals surface area contributed by atoms with Crippen molar-refractivity contribution in [3.8, 4) is 28.3 Å². The molecule has 10 heteroatoms. The Labute approximate surface area is 197 Å². The lowest BCUT2D eigenvalue weighted by Crippen LogP contribution is -2.33. The predicted molar refractivity (Wildman–Crippen MR) is 127 cm³/mol. The summed E-state index contributed by atoms with van der Waals surface area (Å²) >= 11 is 12.4. The van der Waals surface area contributed by atoms with Gasteiger partial charge in [-0.25, -0.2) is 9.37 Å². The molecular formula is C22H15ClFN3O3S2. The first-order valence-corrected chi connectivity index (χ1v) is 10.9. The second kappa shape index (κ2) is 9.47. The molecule has 0 radical (unpaired) electrons. The predicted octanol–water partition coefficient (Wildman–Crippen LogP) is 6.00. The molecule has 2 N–H and O–H groups in total. The quantitative estimate of drug-likeness (QED) is 0.336. The minimum Gasteiger partial charge on any atom is -0.494 e. The molecule has 32 heavy (non-hydrogen) atoms. The molecular weight excluding hydrogens is 473 g/mol. The molecule has 0 unspecified atom stereocenters. The molecule has 0 aliphatic carbocycles. The van der Waals surface area contributed by atoms with Crippen LogP contribution in [0.1, 0.15) is 10.6 Å². The number of halogens is 2. The lowest BCUT2D eigenvalue weighted by Gasteiger charge is -2.06. The van der Waals surface area contributed by atoms with Crippen LogP contribution in [0, 0.1) is 5.82 Å². The Kier molecular flexibility index (Phi) is 6.50. The SMILES string of the molecule is COc1ccc(-c2csc(NC(=S)NC(=O)c3ccc(-c4ccc(Cl)cc4)o3)n2)cc1F. The van der Waals surface area contributed by atoms with Crippen LogP contribution < -0.4 is 15.4 Å². The number of furan rings is 1. The number of ether oxygens (including phenoxy) is 1. The van der Waals surface area contributed by atoms with Crippen molar-refractivity contribution in [2.45, 2.75) is 0 Å². The van der Waals surface area contributed by atoms with Crippen LogP contribution >= 0.6 is 35.2 Å². The smallest absolute Gasteiger partial charge is 0.293 e. The molecule has 2 heterocycles. The van der Waals surface area contributed by atoms with Gasteiger partial charge in [-0.05, 0) is 66.8 Å².